The Morgan fingerprint density at radius 3 is 2.11 bits per heavy atom. The monoisotopic (exact) mass is 247 g/mol. The molecule has 19 heavy (non-hydrogen) atoms. The molecule has 0 fully saturated rings. The molecule has 0 amide bonds. The largest absolute Gasteiger partial charge is 0.264 e. The molecule has 0 radical (unpaired) electrons. The predicted molar refractivity (Wildman–Crippen MR) is 75.4 cm³/mol. The topological polar surface area (TPSA) is 38.7 Å². The van der Waals surface area contributed by atoms with E-state index in [9.17, 15) is 0 Å². The number of rotatable bonds is 2. The zero-order valence-electron chi connectivity index (χ0n) is 10.6. The van der Waals surface area contributed by atoms with E-state index in [1.165, 1.54) is 5.56 Å². The minimum atomic E-state index is 1.02. The van der Waals surface area contributed by atoms with Gasteiger partial charge in [-0.3, -0.25) is 4.98 Å². The van der Waals surface area contributed by atoms with Crippen molar-refractivity contribution in [1.29, 1.82) is 0 Å². The van der Waals surface area contributed by atoms with Crippen molar-refractivity contribution in [3.63, 3.8) is 0 Å². The van der Waals surface area contributed by atoms with Gasteiger partial charge in [-0.05, 0) is 35.7 Å². The zero-order chi connectivity index (χ0) is 13.1. The van der Waals surface area contributed by atoms with E-state index in [1.807, 2.05) is 24.7 Å². The van der Waals surface area contributed by atoms with Gasteiger partial charge in [-0.2, -0.15) is 0 Å². The second-order valence-electron chi connectivity index (χ2n) is 4.46. The standard InChI is InChI=1S/C16H13N3/c1-12-5-14(13-3-2-4-17-8-13)7-15(6-12)16-9-18-11-19-10-16/h2-11H,1H3. The molecule has 3 heteroatoms. The van der Waals surface area contributed by atoms with Gasteiger partial charge in [-0.25, -0.2) is 9.97 Å². The summed E-state index contributed by atoms with van der Waals surface area (Å²) in [5.41, 5.74) is 5.63. The summed E-state index contributed by atoms with van der Waals surface area (Å²) in [6, 6.07) is 10.4. The third-order valence-electron chi connectivity index (χ3n) is 2.97. The summed E-state index contributed by atoms with van der Waals surface area (Å²) in [6.45, 7) is 2.09. The molecule has 3 nitrogen and oxygen atoms in total. The SMILES string of the molecule is Cc1cc(-c2cccnc2)cc(-c2cncnc2)c1. The number of benzene rings is 1. The van der Waals surface area contributed by atoms with Crippen LogP contribution in [0.1, 0.15) is 5.56 Å². The van der Waals surface area contributed by atoms with Gasteiger partial charge < -0.3 is 0 Å². The maximum absolute atomic E-state index is 4.17. The van der Waals surface area contributed by atoms with Gasteiger partial charge in [0.05, 0.1) is 0 Å². The maximum atomic E-state index is 4.17. The van der Waals surface area contributed by atoms with E-state index >= 15 is 0 Å². The summed E-state index contributed by atoms with van der Waals surface area (Å²) in [7, 11) is 0. The molecule has 0 spiro atoms. The molecule has 1 aromatic carbocycles. The van der Waals surface area contributed by atoms with E-state index in [0.29, 0.717) is 0 Å². The summed E-state index contributed by atoms with van der Waals surface area (Å²) in [5.74, 6) is 0. The van der Waals surface area contributed by atoms with Crippen LogP contribution in [0.2, 0.25) is 0 Å². The zero-order valence-corrected chi connectivity index (χ0v) is 10.6. The third-order valence-corrected chi connectivity index (χ3v) is 2.97. The predicted octanol–water partition coefficient (Wildman–Crippen LogP) is 3.51. The third kappa shape index (κ3) is 2.50. The first-order chi connectivity index (χ1) is 9.33. The molecule has 0 aliphatic rings. The first-order valence-corrected chi connectivity index (χ1v) is 6.10. The Balaban J connectivity index is 2.12. The Bertz CT molecular complexity index is 621. The molecular weight excluding hydrogens is 234 g/mol. The van der Waals surface area contributed by atoms with Gasteiger partial charge in [-0.1, -0.05) is 18.2 Å². The van der Waals surface area contributed by atoms with Crippen molar-refractivity contribution in [2.75, 3.05) is 0 Å². The summed E-state index contributed by atoms with van der Waals surface area (Å²) < 4.78 is 0. The van der Waals surface area contributed by atoms with Crippen LogP contribution in [0, 0.1) is 6.92 Å². The molecule has 3 aromatic rings. The van der Waals surface area contributed by atoms with Gasteiger partial charge in [0.25, 0.3) is 0 Å². The highest BCUT2D eigenvalue weighted by atomic mass is 14.8. The van der Waals surface area contributed by atoms with Crippen LogP contribution < -0.4 is 0 Å². The van der Waals surface area contributed by atoms with Crippen molar-refractivity contribution in [3.8, 4) is 22.3 Å². The van der Waals surface area contributed by atoms with Crippen LogP contribution in [0.5, 0.6) is 0 Å². The van der Waals surface area contributed by atoms with E-state index in [2.05, 4.69) is 46.1 Å². The van der Waals surface area contributed by atoms with Crippen molar-refractivity contribution in [2.45, 2.75) is 6.92 Å². The van der Waals surface area contributed by atoms with Crippen LogP contribution in [0.3, 0.4) is 0 Å². The van der Waals surface area contributed by atoms with Gasteiger partial charge >= 0.3 is 0 Å². The van der Waals surface area contributed by atoms with E-state index in [0.717, 1.165) is 22.3 Å². The van der Waals surface area contributed by atoms with Crippen LogP contribution in [0.15, 0.2) is 61.4 Å². The van der Waals surface area contributed by atoms with Crippen LogP contribution in [-0.2, 0) is 0 Å². The smallest absolute Gasteiger partial charge is 0.115 e. The van der Waals surface area contributed by atoms with Crippen LogP contribution in [0.4, 0.5) is 0 Å². The Kier molecular flexibility index (Phi) is 3.02. The van der Waals surface area contributed by atoms with Gasteiger partial charge in [-0.15, -0.1) is 0 Å². The average molecular weight is 247 g/mol. The fourth-order valence-electron chi connectivity index (χ4n) is 2.10. The number of pyridine rings is 1. The summed E-state index contributed by atoms with van der Waals surface area (Å²) in [5, 5.41) is 0. The first kappa shape index (κ1) is 11.5. The van der Waals surface area contributed by atoms with Crippen molar-refractivity contribution in [1.82, 2.24) is 15.0 Å². The molecule has 0 saturated carbocycles. The van der Waals surface area contributed by atoms with Crippen molar-refractivity contribution >= 4 is 0 Å². The number of aryl methyl sites for hydroxylation is 1. The second-order valence-corrected chi connectivity index (χ2v) is 4.46. The van der Waals surface area contributed by atoms with Gasteiger partial charge in [0.1, 0.15) is 6.33 Å². The fraction of sp³-hybridized carbons (Fsp3) is 0.0625. The fourth-order valence-corrected chi connectivity index (χ4v) is 2.10. The Hall–Kier alpha value is -2.55. The molecule has 0 aliphatic carbocycles. The van der Waals surface area contributed by atoms with E-state index in [-0.39, 0.29) is 0 Å². The van der Waals surface area contributed by atoms with Crippen molar-refractivity contribution < 1.29 is 0 Å². The average Bonchev–Trinajstić information content (AvgIpc) is 2.48. The molecule has 2 aromatic heterocycles. The molecule has 0 bridgehead atoms. The Morgan fingerprint density at radius 1 is 0.737 bits per heavy atom. The van der Waals surface area contributed by atoms with E-state index in [4.69, 9.17) is 0 Å². The highest BCUT2D eigenvalue weighted by Crippen LogP contribution is 2.26. The van der Waals surface area contributed by atoms with E-state index in [1.54, 1.807) is 12.5 Å². The van der Waals surface area contributed by atoms with Crippen molar-refractivity contribution in [3.05, 3.63) is 67.0 Å². The lowest BCUT2D eigenvalue weighted by Crippen LogP contribution is -1.86. The molecule has 0 aliphatic heterocycles. The number of nitrogens with zero attached hydrogens (tertiary/aromatic N) is 3. The molecule has 92 valence electrons. The summed E-state index contributed by atoms with van der Waals surface area (Å²) >= 11 is 0. The molecule has 2 heterocycles. The second kappa shape index (κ2) is 4.98. The minimum Gasteiger partial charge on any atom is -0.264 e. The summed E-state index contributed by atoms with van der Waals surface area (Å²) in [4.78, 5) is 12.3. The maximum Gasteiger partial charge on any atom is 0.115 e. The number of hydrogen-bond acceptors (Lipinski definition) is 3. The van der Waals surface area contributed by atoms with E-state index < -0.39 is 0 Å². The van der Waals surface area contributed by atoms with Crippen LogP contribution in [0.25, 0.3) is 22.3 Å². The Morgan fingerprint density at radius 2 is 1.42 bits per heavy atom. The van der Waals surface area contributed by atoms with Crippen LogP contribution in [-0.4, -0.2) is 15.0 Å². The lowest BCUT2D eigenvalue weighted by atomic mass is 9.99. The Labute approximate surface area is 112 Å². The van der Waals surface area contributed by atoms with Gasteiger partial charge in [0.15, 0.2) is 0 Å². The highest BCUT2D eigenvalue weighted by Gasteiger charge is 2.04. The first-order valence-electron chi connectivity index (χ1n) is 6.10. The molecule has 0 unspecified atom stereocenters. The lowest BCUT2D eigenvalue weighted by molar-refractivity contribution is 1.17. The molecule has 0 atom stereocenters. The normalized spacial score (nSPS) is 10.4. The summed E-state index contributed by atoms with van der Waals surface area (Å²) in [6.07, 6.45) is 8.86. The quantitative estimate of drug-likeness (QED) is 0.695. The van der Waals surface area contributed by atoms with Gasteiger partial charge in [0, 0.05) is 35.9 Å². The number of aromatic nitrogens is 3. The van der Waals surface area contributed by atoms with Crippen molar-refractivity contribution in [2.24, 2.45) is 0 Å². The van der Waals surface area contributed by atoms with Crippen LogP contribution >= 0.6 is 0 Å². The number of hydrogen-bond donors (Lipinski definition) is 0. The van der Waals surface area contributed by atoms with Gasteiger partial charge in [0.2, 0.25) is 0 Å². The lowest BCUT2D eigenvalue weighted by Gasteiger charge is -2.07. The molecular formula is C16H13N3. The minimum absolute atomic E-state index is 1.02. The highest BCUT2D eigenvalue weighted by molar-refractivity contribution is 5.73. The molecule has 3 rings (SSSR count). The molecule has 0 N–H and O–H groups in total. The molecule has 0 saturated heterocycles.